The van der Waals surface area contributed by atoms with Crippen LogP contribution in [-0.4, -0.2) is 78.6 Å². The molecule has 2 fully saturated rings. The number of carbonyl (C=O) groups excluding carboxylic acids is 2. The third-order valence-electron chi connectivity index (χ3n) is 7.36. The van der Waals surface area contributed by atoms with Crippen molar-refractivity contribution in [1.82, 2.24) is 20.1 Å². The van der Waals surface area contributed by atoms with E-state index in [1.165, 1.54) is 7.11 Å². The van der Waals surface area contributed by atoms with Gasteiger partial charge in [0.05, 0.1) is 7.11 Å². The number of aromatic amines is 1. The number of hydrogen-bond donors (Lipinski definition) is 2. The first-order valence-electron chi connectivity index (χ1n) is 12.1. The molecule has 3 heterocycles. The van der Waals surface area contributed by atoms with E-state index in [4.69, 9.17) is 16.3 Å². The van der Waals surface area contributed by atoms with Gasteiger partial charge in [0.15, 0.2) is 0 Å². The van der Waals surface area contributed by atoms with Gasteiger partial charge in [-0.05, 0) is 63.2 Å². The fraction of sp³-hybridized carbons (Fsp3) is 0.407. The first-order valence-corrected chi connectivity index (χ1v) is 12.5. The molecular weight excluding hydrogens is 464 g/mol. The molecule has 1 aromatic heterocycles. The molecule has 2 saturated heterocycles. The summed E-state index contributed by atoms with van der Waals surface area (Å²) in [6.45, 7) is 2.64. The minimum Gasteiger partial charge on any atom is -0.468 e. The summed E-state index contributed by atoms with van der Waals surface area (Å²) in [5.41, 5.74) is 3.12. The highest BCUT2D eigenvalue weighted by molar-refractivity contribution is 6.31. The Kier molecular flexibility index (Phi) is 6.82. The molecule has 0 bridgehead atoms. The molecule has 184 valence electrons. The van der Waals surface area contributed by atoms with Gasteiger partial charge in [-0.15, -0.1) is 0 Å². The SMILES string of the molecule is COC(=O)[C@@H]1C[C@@H](NC(=O)c2[nH]c3ccc(Cl)cc3c2-c2ccccc2)CN1C1CCN(C)CC1. The molecule has 5 rings (SSSR count). The molecule has 0 saturated carbocycles. The molecule has 8 heteroatoms. The molecule has 7 nitrogen and oxygen atoms in total. The Hall–Kier alpha value is -2.87. The maximum absolute atomic E-state index is 13.6. The molecule has 0 aliphatic carbocycles. The summed E-state index contributed by atoms with van der Waals surface area (Å²) in [6, 6.07) is 15.3. The number of piperidine rings is 1. The number of H-pyrrole nitrogens is 1. The molecule has 2 aliphatic heterocycles. The van der Waals surface area contributed by atoms with E-state index in [1.807, 2.05) is 48.5 Å². The summed E-state index contributed by atoms with van der Waals surface area (Å²) in [6.07, 6.45) is 2.55. The fourth-order valence-corrected chi connectivity index (χ4v) is 5.73. The van der Waals surface area contributed by atoms with E-state index >= 15 is 0 Å². The van der Waals surface area contributed by atoms with Crippen LogP contribution in [0.2, 0.25) is 5.02 Å². The smallest absolute Gasteiger partial charge is 0.323 e. The number of nitrogens with one attached hydrogen (secondary N) is 2. The minimum atomic E-state index is -0.339. The summed E-state index contributed by atoms with van der Waals surface area (Å²) in [7, 11) is 3.56. The van der Waals surface area contributed by atoms with Gasteiger partial charge in [-0.1, -0.05) is 41.9 Å². The third-order valence-corrected chi connectivity index (χ3v) is 7.59. The third kappa shape index (κ3) is 4.81. The summed E-state index contributed by atoms with van der Waals surface area (Å²) < 4.78 is 5.12. The van der Waals surface area contributed by atoms with Crippen LogP contribution < -0.4 is 5.32 Å². The molecule has 1 amide bonds. The molecule has 2 atom stereocenters. The highest BCUT2D eigenvalue weighted by Gasteiger charge is 2.42. The van der Waals surface area contributed by atoms with Gasteiger partial charge in [0.25, 0.3) is 5.91 Å². The number of likely N-dealkylation sites (tertiary alicyclic amines) is 2. The predicted molar refractivity (Wildman–Crippen MR) is 138 cm³/mol. The first kappa shape index (κ1) is 23.9. The Labute approximate surface area is 210 Å². The van der Waals surface area contributed by atoms with Crippen molar-refractivity contribution in [2.24, 2.45) is 0 Å². The van der Waals surface area contributed by atoms with Crippen molar-refractivity contribution in [1.29, 1.82) is 0 Å². The van der Waals surface area contributed by atoms with Gasteiger partial charge < -0.3 is 19.9 Å². The number of ether oxygens (including phenoxy) is 1. The van der Waals surface area contributed by atoms with Crippen LogP contribution in [0.1, 0.15) is 29.8 Å². The van der Waals surface area contributed by atoms with Crippen LogP contribution in [0.25, 0.3) is 22.0 Å². The number of amides is 1. The summed E-state index contributed by atoms with van der Waals surface area (Å²) >= 11 is 6.30. The van der Waals surface area contributed by atoms with Crippen LogP contribution in [0, 0.1) is 0 Å². The lowest BCUT2D eigenvalue weighted by molar-refractivity contribution is -0.147. The zero-order valence-electron chi connectivity index (χ0n) is 20.1. The highest BCUT2D eigenvalue weighted by atomic mass is 35.5. The second kappa shape index (κ2) is 10.0. The zero-order valence-corrected chi connectivity index (χ0v) is 20.8. The Morgan fingerprint density at radius 1 is 1.11 bits per heavy atom. The number of esters is 1. The average molecular weight is 495 g/mol. The lowest BCUT2D eigenvalue weighted by Gasteiger charge is -2.37. The quantitative estimate of drug-likeness (QED) is 0.525. The molecule has 2 aromatic carbocycles. The molecule has 2 aliphatic rings. The largest absolute Gasteiger partial charge is 0.468 e. The number of methoxy groups -OCH3 is 1. The van der Waals surface area contributed by atoms with Crippen LogP contribution in [0.3, 0.4) is 0 Å². The van der Waals surface area contributed by atoms with E-state index in [1.54, 1.807) is 0 Å². The monoisotopic (exact) mass is 494 g/mol. The van der Waals surface area contributed by atoms with Gasteiger partial charge in [-0.3, -0.25) is 14.5 Å². The van der Waals surface area contributed by atoms with Gasteiger partial charge in [0, 0.05) is 40.1 Å². The van der Waals surface area contributed by atoms with Crippen molar-refractivity contribution in [3.05, 3.63) is 59.2 Å². The highest BCUT2D eigenvalue weighted by Crippen LogP contribution is 2.34. The van der Waals surface area contributed by atoms with E-state index in [2.05, 4.69) is 27.1 Å². The summed E-state index contributed by atoms with van der Waals surface area (Å²) in [4.78, 5) is 34.1. The molecular formula is C27H31ClN4O3. The Morgan fingerprint density at radius 3 is 2.57 bits per heavy atom. The molecule has 3 aromatic rings. The van der Waals surface area contributed by atoms with E-state index in [0.717, 1.165) is 48.0 Å². The zero-order chi connectivity index (χ0) is 24.5. The summed E-state index contributed by atoms with van der Waals surface area (Å²) in [5.74, 6) is -0.416. The standard InChI is InChI=1S/C27H31ClN4O3/c1-31-12-10-20(11-13-31)32-16-19(15-23(32)27(34)35-2)29-26(33)25-24(17-6-4-3-5-7-17)21-14-18(28)8-9-22(21)30-25/h3-9,14,19-20,23,30H,10-13,15-16H2,1-2H3,(H,29,33)/t19-,23+/m1/s1. The van der Waals surface area contributed by atoms with E-state index < -0.39 is 0 Å². The van der Waals surface area contributed by atoms with Crippen LogP contribution >= 0.6 is 11.6 Å². The molecule has 2 N–H and O–H groups in total. The molecule has 0 radical (unpaired) electrons. The lowest BCUT2D eigenvalue weighted by Crippen LogP contribution is -2.49. The molecule has 0 unspecified atom stereocenters. The maximum Gasteiger partial charge on any atom is 0.323 e. The number of aromatic nitrogens is 1. The number of halogens is 1. The number of benzene rings is 2. The van der Waals surface area contributed by atoms with Crippen molar-refractivity contribution < 1.29 is 14.3 Å². The van der Waals surface area contributed by atoms with Crippen molar-refractivity contribution >= 4 is 34.4 Å². The normalized spacial score (nSPS) is 21.9. The molecule has 35 heavy (non-hydrogen) atoms. The van der Waals surface area contributed by atoms with Crippen molar-refractivity contribution in [3.8, 4) is 11.1 Å². The second-order valence-electron chi connectivity index (χ2n) is 9.61. The second-order valence-corrected chi connectivity index (χ2v) is 10.0. The number of fused-ring (bicyclic) bond motifs is 1. The lowest BCUT2D eigenvalue weighted by atomic mass is 10.0. The van der Waals surface area contributed by atoms with Gasteiger partial charge in [0.1, 0.15) is 11.7 Å². The van der Waals surface area contributed by atoms with Gasteiger partial charge in [0.2, 0.25) is 0 Å². The van der Waals surface area contributed by atoms with Crippen LogP contribution in [-0.2, 0) is 9.53 Å². The van der Waals surface area contributed by atoms with Crippen LogP contribution in [0.15, 0.2) is 48.5 Å². The van der Waals surface area contributed by atoms with E-state index in [9.17, 15) is 9.59 Å². The van der Waals surface area contributed by atoms with E-state index in [0.29, 0.717) is 29.7 Å². The number of carbonyl (C=O) groups is 2. The Bertz CT molecular complexity index is 1220. The van der Waals surface area contributed by atoms with Crippen LogP contribution in [0.4, 0.5) is 0 Å². The fourth-order valence-electron chi connectivity index (χ4n) is 5.56. The Balaban J connectivity index is 1.41. The summed E-state index contributed by atoms with van der Waals surface area (Å²) in [5, 5.41) is 4.72. The maximum atomic E-state index is 13.6. The van der Waals surface area contributed by atoms with Crippen molar-refractivity contribution in [3.63, 3.8) is 0 Å². The number of rotatable bonds is 5. The predicted octanol–water partition coefficient (Wildman–Crippen LogP) is 3.93. The van der Waals surface area contributed by atoms with Crippen LogP contribution in [0.5, 0.6) is 0 Å². The van der Waals surface area contributed by atoms with Gasteiger partial charge in [-0.25, -0.2) is 0 Å². The average Bonchev–Trinajstić information content (AvgIpc) is 3.46. The van der Waals surface area contributed by atoms with Gasteiger partial charge in [-0.2, -0.15) is 0 Å². The van der Waals surface area contributed by atoms with Crippen molar-refractivity contribution in [2.75, 3.05) is 33.8 Å². The number of hydrogen-bond acceptors (Lipinski definition) is 5. The van der Waals surface area contributed by atoms with E-state index in [-0.39, 0.29) is 24.0 Å². The van der Waals surface area contributed by atoms with Gasteiger partial charge >= 0.3 is 5.97 Å². The number of nitrogens with zero attached hydrogens (tertiary/aromatic N) is 2. The van der Waals surface area contributed by atoms with Crippen molar-refractivity contribution in [2.45, 2.75) is 37.4 Å². The topological polar surface area (TPSA) is 77.7 Å². The molecule has 0 spiro atoms. The minimum absolute atomic E-state index is 0.148. The first-order chi connectivity index (χ1) is 16.9. The Morgan fingerprint density at radius 2 is 1.86 bits per heavy atom.